The molecule has 2 aromatic rings. The average molecular weight is 397 g/mol. The van der Waals surface area contributed by atoms with Crippen molar-refractivity contribution < 1.29 is 0 Å². The third kappa shape index (κ3) is 2.29. The van der Waals surface area contributed by atoms with Gasteiger partial charge in [0.15, 0.2) is 5.82 Å². The highest BCUT2D eigenvalue weighted by Gasteiger charge is 2.12. The minimum atomic E-state index is 0.614. The number of rotatable bonds is 1. The van der Waals surface area contributed by atoms with Crippen LogP contribution in [-0.2, 0) is 7.05 Å². The number of hydrogen-bond donors (Lipinski definition) is 0. The van der Waals surface area contributed by atoms with Crippen molar-refractivity contribution in [1.29, 1.82) is 0 Å². The third-order valence-corrected chi connectivity index (χ3v) is 3.16. The molecule has 0 aliphatic carbocycles. The molecular weight excluding hydrogens is 392 g/mol. The van der Waals surface area contributed by atoms with E-state index in [1.54, 1.807) is 16.9 Å². The molecule has 78 valence electrons. The van der Waals surface area contributed by atoms with Crippen LogP contribution in [0.1, 0.15) is 0 Å². The summed E-state index contributed by atoms with van der Waals surface area (Å²) in [6, 6.07) is 1.79. The molecule has 0 saturated carbocycles. The van der Waals surface area contributed by atoms with Crippen LogP contribution in [0.2, 0.25) is 0 Å². The summed E-state index contributed by atoms with van der Waals surface area (Å²) in [6.45, 7) is 0. The summed E-state index contributed by atoms with van der Waals surface area (Å²) >= 11 is 10.1. The van der Waals surface area contributed by atoms with Gasteiger partial charge in [-0.15, -0.1) is 0 Å². The van der Waals surface area contributed by atoms with Gasteiger partial charge in [0.2, 0.25) is 0 Å². The smallest absolute Gasteiger partial charge is 0.181 e. The van der Waals surface area contributed by atoms with Crippen molar-refractivity contribution >= 4 is 47.8 Å². The minimum absolute atomic E-state index is 0.614. The summed E-state index contributed by atoms with van der Waals surface area (Å²) in [5, 5.41) is 4.11. The highest BCUT2D eigenvalue weighted by atomic mass is 79.9. The molecule has 0 spiro atoms. The Bertz CT molecular complexity index is 469. The zero-order valence-electron chi connectivity index (χ0n) is 7.58. The maximum Gasteiger partial charge on any atom is 0.181 e. The van der Waals surface area contributed by atoms with E-state index in [2.05, 4.69) is 62.9 Å². The van der Waals surface area contributed by atoms with Crippen LogP contribution >= 0.6 is 47.8 Å². The number of nitrogens with zero attached hydrogens (tertiary/aromatic N) is 4. The Morgan fingerprint density at radius 2 is 1.73 bits per heavy atom. The topological polar surface area (TPSA) is 43.6 Å². The predicted molar refractivity (Wildman–Crippen MR) is 67.3 cm³/mol. The summed E-state index contributed by atoms with van der Waals surface area (Å²) in [5.74, 6) is 0.614. The van der Waals surface area contributed by atoms with Crippen molar-refractivity contribution in [3.63, 3.8) is 0 Å². The summed E-state index contributed by atoms with van der Waals surface area (Å²) < 4.78 is 4.05. The molecular formula is C8H5Br3N4. The maximum absolute atomic E-state index is 4.28. The Hall–Kier alpha value is -0.270. The molecule has 2 aromatic heterocycles. The van der Waals surface area contributed by atoms with Gasteiger partial charge in [-0.1, -0.05) is 0 Å². The van der Waals surface area contributed by atoms with E-state index in [4.69, 9.17) is 0 Å². The molecule has 0 amide bonds. The van der Waals surface area contributed by atoms with E-state index in [9.17, 15) is 0 Å². The fourth-order valence-electron chi connectivity index (χ4n) is 1.16. The zero-order chi connectivity index (χ0) is 11.0. The quantitative estimate of drug-likeness (QED) is 0.695. The number of hydrogen-bond acceptors (Lipinski definition) is 3. The second kappa shape index (κ2) is 4.31. The van der Waals surface area contributed by atoms with Crippen LogP contribution < -0.4 is 0 Å². The summed E-state index contributed by atoms with van der Waals surface area (Å²) in [7, 11) is 1.85. The first-order valence-corrected chi connectivity index (χ1v) is 6.34. The van der Waals surface area contributed by atoms with E-state index < -0.39 is 0 Å². The first-order valence-electron chi connectivity index (χ1n) is 3.96. The van der Waals surface area contributed by atoms with Crippen LogP contribution in [0.4, 0.5) is 0 Å². The van der Waals surface area contributed by atoms with E-state index in [-0.39, 0.29) is 0 Å². The van der Waals surface area contributed by atoms with Crippen LogP contribution in [0.3, 0.4) is 0 Å². The van der Waals surface area contributed by atoms with Crippen molar-refractivity contribution in [3.8, 4) is 11.5 Å². The first-order chi connectivity index (χ1) is 7.08. The van der Waals surface area contributed by atoms with E-state index in [1.165, 1.54) is 0 Å². The van der Waals surface area contributed by atoms with E-state index in [0.717, 1.165) is 19.4 Å². The van der Waals surface area contributed by atoms with E-state index in [0.29, 0.717) is 5.82 Å². The highest BCUT2D eigenvalue weighted by Crippen LogP contribution is 2.26. The van der Waals surface area contributed by atoms with Crippen LogP contribution in [0.5, 0.6) is 0 Å². The Morgan fingerprint density at radius 1 is 1.13 bits per heavy atom. The molecule has 0 aromatic carbocycles. The number of aryl methyl sites for hydroxylation is 1. The van der Waals surface area contributed by atoms with Gasteiger partial charge in [0.05, 0.1) is 10.7 Å². The monoisotopic (exact) mass is 394 g/mol. The van der Waals surface area contributed by atoms with E-state index in [1.807, 2.05) is 7.05 Å². The fourth-order valence-corrected chi connectivity index (χ4v) is 2.76. The molecule has 0 aliphatic rings. The molecule has 0 aliphatic heterocycles. The second-order valence-corrected chi connectivity index (χ2v) is 5.28. The molecule has 0 fully saturated rings. The van der Waals surface area contributed by atoms with Gasteiger partial charge >= 0.3 is 0 Å². The van der Waals surface area contributed by atoms with E-state index >= 15 is 0 Å². The van der Waals surface area contributed by atoms with Gasteiger partial charge in [-0.2, -0.15) is 5.10 Å². The molecule has 0 unspecified atom stereocenters. The van der Waals surface area contributed by atoms with Crippen LogP contribution in [0, 0.1) is 0 Å². The SMILES string of the molecule is Cn1ncc(Br)c1-c1nc(Br)cc(Br)n1. The summed E-state index contributed by atoms with van der Waals surface area (Å²) in [5.41, 5.74) is 0.844. The van der Waals surface area contributed by atoms with Crippen molar-refractivity contribution in [2.24, 2.45) is 7.05 Å². The van der Waals surface area contributed by atoms with Crippen molar-refractivity contribution in [3.05, 3.63) is 25.9 Å². The largest absolute Gasteiger partial charge is 0.264 e. The molecule has 2 rings (SSSR count). The number of halogens is 3. The average Bonchev–Trinajstić information content (AvgIpc) is 2.44. The Labute approximate surface area is 112 Å². The fraction of sp³-hybridized carbons (Fsp3) is 0.125. The summed E-state index contributed by atoms with van der Waals surface area (Å²) in [4.78, 5) is 8.57. The molecule has 4 nitrogen and oxygen atoms in total. The lowest BCUT2D eigenvalue weighted by Crippen LogP contribution is -1.98. The Kier molecular flexibility index (Phi) is 3.22. The van der Waals surface area contributed by atoms with Crippen LogP contribution in [-0.4, -0.2) is 19.7 Å². The molecule has 7 heteroatoms. The predicted octanol–water partition coefficient (Wildman–Crippen LogP) is 3.16. The second-order valence-electron chi connectivity index (χ2n) is 2.80. The molecule has 2 heterocycles. The lowest BCUT2D eigenvalue weighted by molar-refractivity contribution is 0.769. The lowest BCUT2D eigenvalue weighted by Gasteiger charge is -2.02. The first kappa shape index (κ1) is 11.2. The molecule has 0 saturated heterocycles. The third-order valence-electron chi connectivity index (χ3n) is 1.77. The Morgan fingerprint density at radius 3 is 2.20 bits per heavy atom. The standard InChI is InChI=1S/C8H5Br3N4/c1-15-7(4(9)3-12-15)8-13-5(10)2-6(11)14-8/h2-3H,1H3. The maximum atomic E-state index is 4.28. The Balaban J connectivity index is 2.63. The van der Waals surface area contributed by atoms with Crippen molar-refractivity contribution in [2.45, 2.75) is 0 Å². The molecule has 0 atom stereocenters. The van der Waals surface area contributed by atoms with Gasteiger partial charge in [-0.25, -0.2) is 9.97 Å². The minimum Gasteiger partial charge on any atom is -0.264 e. The van der Waals surface area contributed by atoms with Gasteiger partial charge in [-0.3, -0.25) is 4.68 Å². The van der Waals surface area contributed by atoms with Gasteiger partial charge < -0.3 is 0 Å². The normalized spacial score (nSPS) is 10.7. The van der Waals surface area contributed by atoms with Crippen LogP contribution in [0.15, 0.2) is 25.9 Å². The van der Waals surface area contributed by atoms with Gasteiger partial charge in [0.25, 0.3) is 0 Å². The van der Waals surface area contributed by atoms with Gasteiger partial charge in [0.1, 0.15) is 14.9 Å². The van der Waals surface area contributed by atoms with Gasteiger partial charge in [0, 0.05) is 13.1 Å². The molecule has 0 N–H and O–H groups in total. The number of aromatic nitrogens is 4. The van der Waals surface area contributed by atoms with Crippen LogP contribution in [0.25, 0.3) is 11.5 Å². The summed E-state index contributed by atoms with van der Waals surface area (Å²) in [6.07, 6.45) is 1.72. The highest BCUT2D eigenvalue weighted by molar-refractivity contribution is 9.11. The van der Waals surface area contributed by atoms with Crippen molar-refractivity contribution in [2.75, 3.05) is 0 Å². The zero-order valence-corrected chi connectivity index (χ0v) is 12.3. The van der Waals surface area contributed by atoms with Crippen molar-refractivity contribution in [1.82, 2.24) is 19.7 Å². The lowest BCUT2D eigenvalue weighted by atomic mass is 10.4. The molecule has 15 heavy (non-hydrogen) atoms. The molecule has 0 radical (unpaired) electrons. The molecule has 0 bridgehead atoms. The van der Waals surface area contributed by atoms with Gasteiger partial charge in [-0.05, 0) is 47.8 Å².